The minimum atomic E-state index is 0.345. The lowest BCUT2D eigenvalue weighted by Crippen LogP contribution is -2.50. The molecule has 2 heterocycles. The zero-order valence-corrected chi connectivity index (χ0v) is 14.4. The van der Waals surface area contributed by atoms with Gasteiger partial charge < -0.3 is 4.57 Å². The number of nitrogens with zero attached hydrogens (tertiary/aromatic N) is 3. The van der Waals surface area contributed by atoms with Crippen LogP contribution < -0.4 is 0 Å². The highest BCUT2D eigenvalue weighted by Crippen LogP contribution is 2.60. The van der Waals surface area contributed by atoms with Crippen molar-refractivity contribution in [3.05, 3.63) is 11.6 Å². The van der Waals surface area contributed by atoms with Gasteiger partial charge in [0.05, 0.1) is 0 Å². The minimum absolute atomic E-state index is 0.345. The maximum Gasteiger partial charge on any atom is 0.139 e. The highest BCUT2D eigenvalue weighted by atomic mass is 16.1. The summed E-state index contributed by atoms with van der Waals surface area (Å²) < 4.78 is 2.52. The summed E-state index contributed by atoms with van der Waals surface area (Å²) in [6.07, 6.45) is 12.2. The second kappa shape index (κ2) is 4.70. The summed E-state index contributed by atoms with van der Waals surface area (Å²) in [6.45, 7) is 1.08. The largest absolute Gasteiger partial charge is 0.314 e. The predicted octanol–water partition coefficient (Wildman–Crippen LogP) is 3.29. The van der Waals surface area contributed by atoms with Gasteiger partial charge in [-0.05, 0) is 74.5 Å². The minimum Gasteiger partial charge on any atom is -0.314 e. The summed E-state index contributed by atoms with van der Waals surface area (Å²) in [6, 6.07) is 0. The van der Waals surface area contributed by atoms with Crippen molar-refractivity contribution in [1.82, 2.24) is 14.8 Å². The van der Waals surface area contributed by atoms with Gasteiger partial charge in [-0.3, -0.25) is 4.79 Å². The first-order chi connectivity index (χ1) is 11.7. The summed E-state index contributed by atoms with van der Waals surface area (Å²) in [4.78, 5) is 11.8. The van der Waals surface area contributed by atoms with Crippen LogP contribution in [0.2, 0.25) is 0 Å². The molecule has 0 saturated heterocycles. The molecule has 1 aromatic heterocycles. The Kier molecular flexibility index (Phi) is 2.75. The quantitative estimate of drug-likeness (QED) is 0.796. The van der Waals surface area contributed by atoms with Crippen molar-refractivity contribution >= 4 is 5.78 Å². The Morgan fingerprint density at radius 3 is 2.33 bits per heavy atom. The summed E-state index contributed by atoms with van der Waals surface area (Å²) in [5, 5.41) is 9.42. The van der Waals surface area contributed by atoms with Crippen LogP contribution in [0.25, 0.3) is 0 Å². The number of carbonyl (C=O) groups excluding carboxylic acids is 1. The lowest BCUT2D eigenvalue weighted by molar-refractivity contribution is -0.123. The third kappa shape index (κ3) is 1.89. The Bertz CT molecular complexity index is 670. The van der Waals surface area contributed by atoms with Crippen LogP contribution in [0.1, 0.15) is 69.4 Å². The zero-order chi connectivity index (χ0) is 15.9. The molecule has 4 bridgehead atoms. The van der Waals surface area contributed by atoms with E-state index in [1.807, 2.05) is 0 Å². The number of rotatable bonds is 1. The summed E-state index contributed by atoms with van der Waals surface area (Å²) in [5.74, 6) is 7.05. The van der Waals surface area contributed by atoms with Crippen molar-refractivity contribution in [2.45, 2.75) is 76.2 Å². The third-order valence-corrected chi connectivity index (χ3v) is 8.15. The van der Waals surface area contributed by atoms with Gasteiger partial charge in [0.1, 0.15) is 17.4 Å². The first-order valence-electron chi connectivity index (χ1n) is 10.1. The normalized spacial score (nSPS) is 46.0. The van der Waals surface area contributed by atoms with E-state index in [1.165, 1.54) is 50.2 Å². The monoisotopic (exact) mass is 325 g/mol. The number of aromatic nitrogens is 3. The molecule has 24 heavy (non-hydrogen) atoms. The average molecular weight is 325 g/mol. The molecule has 0 N–H and O–H groups in total. The average Bonchev–Trinajstić information content (AvgIpc) is 2.95. The van der Waals surface area contributed by atoms with Gasteiger partial charge in [0.15, 0.2) is 0 Å². The fourth-order valence-corrected chi connectivity index (χ4v) is 7.55. The lowest BCUT2D eigenvalue weighted by Gasteiger charge is -2.56. The third-order valence-electron chi connectivity index (χ3n) is 8.15. The van der Waals surface area contributed by atoms with Crippen molar-refractivity contribution < 1.29 is 4.79 Å². The zero-order valence-electron chi connectivity index (χ0n) is 14.4. The van der Waals surface area contributed by atoms with Gasteiger partial charge in [0.25, 0.3) is 0 Å². The van der Waals surface area contributed by atoms with Gasteiger partial charge in [-0.2, -0.15) is 0 Å². The van der Waals surface area contributed by atoms with Gasteiger partial charge in [-0.15, -0.1) is 10.2 Å². The Hall–Kier alpha value is -1.19. The van der Waals surface area contributed by atoms with Crippen LogP contribution in [0.4, 0.5) is 0 Å². The Morgan fingerprint density at radius 1 is 0.917 bits per heavy atom. The van der Waals surface area contributed by atoms with E-state index in [0.29, 0.717) is 23.0 Å². The Balaban J connectivity index is 1.37. The Labute approximate surface area is 143 Å². The van der Waals surface area contributed by atoms with E-state index in [-0.39, 0.29) is 0 Å². The van der Waals surface area contributed by atoms with Gasteiger partial charge >= 0.3 is 0 Å². The molecule has 128 valence electrons. The van der Waals surface area contributed by atoms with E-state index < -0.39 is 0 Å². The predicted molar refractivity (Wildman–Crippen MR) is 89.4 cm³/mol. The second-order valence-corrected chi connectivity index (χ2v) is 9.75. The first-order valence-corrected chi connectivity index (χ1v) is 10.1. The topological polar surface area (TPSA) is 47.8 Å². The molecule has 4 nitrogen and oxygen atoms in total. The summed E-state index contributed by atoms with van der Waals surface area (Å²) >= 11 is 0. The fraction of sp³-hybridized carbons (Fsp3) is 0.850. The molecular weight excluding hydrogens is 298 g/mol. The lowest BCUT2D eigenvalue weighted by atomic mass is 9.49. The number of ketones is 1. The molecule has 0 spiro atoms. The highest BCUT2D eigenvalue weighted by Gasteiger charge is 2.54. The molecule has 0 aromatic carbocycles. The molecule has 0 radical (unpaired) electrons. The number of hydrogen-bond acceptors (Lipinski definition) is 3. The van der Waals surface area contributed by atoms with Crippen molar-refractivity contribution in [3.63, 3.8) is 0 Å². The molecule has 1 aromatic rings. The van der Waals surface area contributed by atoms with Gasteiger partial charge in [0.2, 0.25) is 0 Å². The van der Waals surface area contributed by atoms with Crippen molar-refractivity contribution in [2.24, 2.45) is 29.6 Å². The van der Waals surface area contributed by atoms with Crippen LogP contribution >= 0.6 is 0 Å². The molecule has 7 rings (SSSR count). The molecule has 1 aliphatic heterocycles. The van der Waals surface area contributed by atoms with E-state index in [2.05, 4.69) is 9.67 Å². The maximum absolute atomic E-state index is 11.8. The molecule has 5 saturated carbocycles. The van der Waals surface area contributed by atoms with E-state index in [0.717, 1.165) is 50.0 Å². The number of Topliss-reactive ketones (excluding diaryl/α,β-unsaturated/α-hetero) is 1. The van der Waals surface area contributed by atoms with Crippen LogP contribution in [0, 0.1) is 29.6 Å². The van der Waals surface area contributed by atoms with E-state index >= 15 is 0 Å². The second-order valence-electron chi connectivity index (χ2n) is 9.75. The van der Waals surface area contributed by atoms with Crippen molar-refractivity contribution in [2.75, 3.05) is 0 Å². The molecule has 6 aliphatic rings. The van der Waals surface area contributed by atoms with Gasteiger partial charge in [-0.1, -0.05) is 0 Å². The summed E-state index contributed by atoms with van der Waals surface area (Å²) in [7, 11) is 0. The van der Waals surface area contributed by atoms with Crippen LogP contribution in [-0.4, -0.2) is 20.5 Å². The SMILES string of the molecule is O=C1CC[C@H]2Cn3c(nnc3C34CC5CC(CC(C5)C3)C4)C[C@H]2C1. The van der Waals surface area contributed by atoms with Crippen molar-refractivity contribution in [1.29, 1.82) is 0 Å². The number of carbonyl (C=O) groups is 1. The summed E-state index contributed by atoms with van der Waals surface area (Å²) in [5.41, 5.74) is 0.345. The van der Waals surface area contributed by atoms with E-state index in [4.69, 9.17) is 5.10 Å². The molecular formula is C20H27N3O. The fourth-order valence-electron chi connectivity index (χ4n) is 7.55. The van der Waals surface area contributed by atoms with Gasteiger partial charge in [-0.25, -0.2) is 0 Å². The van der Waals surface area contributed by atoms with Crippen LogP contribution in [0.15, 0.2) is 0 Å². The molecule has 0 unspecified atom stereocenters. The number of fused-ring (bicyclic) bond motifs is 2. The molecule has 5 aliphatic carbocycles. The molecule has 0 amide bonds. The number of hydrogen-bond donors (Lipinski definition) is 0. The standard InChI is InChI=1S/C20H27N3O/c24-17-2-1-15-11-23-18(7-16(15)6-17)21-22-19(23)20-8-12-3-13(9-20)5-14(4-12)10-20/h12-16H,1-11H2/t12?,13?,14?,15-,16+,20?/m0/s1. The van der Waals surface area contributed by atoms with Crippen LogP contribution in [0.5, 0.6) is 0 Å². The first kappa shape index (κ1) is 14.0. The van der Waals surface area contributed by atoms with Gasteiger partial charge in [0, 0.05) is 31.2 Å². The molecule has 2 atom stereocenters. The van der Waals surface area contributed by atoms with E-state index in [9.17, 15) is 4.79 Å². The highest BCUT2D eigenvalue weighted by molar-refractivity contribution is 5.79. The van der Waals surface area contributed by atoms with Crippen molar-refractivity contribution in [3.8, 4) is 0 Å². The molecule has 4 heteroatoms. The van der Waals surface area contributed by atoms with E-state index in [1.54, 1.807) is 0 Å². The maximum atomic E-state index is 11.8. The van der Waals surface area contributed by atoms with Crippen LogP contribution in [-0.2, 0) is 23.2 Å². The van der Waals surface area contributed by atoms with Crippen LogP contribution in [0.3, 0.4) is 0 Å². The Morgan fingerprint density at radius 2 is 1.62 bits per heavy atom. The molecule has 5 fully saturated rings. The smallest absolute Gasteiger partial charge is 0.139 e.